The summed E-state index contributed by atoms with van der Waals surface area (Å²) in [5, 5.41) is 6.36. The standard InChI is InChI=1S/C16H25N3O3S/c1-4-18-23(21,22)13-8-7-11(2)14(10-13)16(20)19-15-6-5-9-17-12(15)3/h7-8,10,12,15,17-18H,4-6,9H2,1-3H3,(H,19,20). The Kier molecular flexibility index (Phi) is 5.78. The lowest BCUT2D eigenvalue weighted by atomic mass is 9.99. The average Bonchev–Trinajstić information content (AvgIpc) is 2.49. The van der Waals surface area contributed by atoms with Crippen LogP contribution in [0, 0.1) is 6.92 Å². The predicted octanol–water partition coefficient (Wildman–Crippen LogP) is 1.16. The fraction of sp³-hybridized carbons (Fsp3) is 0.562. The molecule has 2 atom stereocenters. The van der Waals surface area contributed by atoms with Crippen LogP contribution in [0.1, 0.15) is 42.6 Å². The largest absolute Gasteiger partial charge is 0.348 e. The van der Waals surface area contributed by atoms with E-state index in [-0.39, 0.29) is 22.9 Å². The van der Waals surface area contributed by atoms with E-state index in [0.717, 1.165) is 24.9 Å². The normalized spacial score (nSPS) is 21.9. The van der Waals surface area contributed by atoms with Crippen molar-refractivity contribution in [3.8, 4) is 0 Å². The minimum absolute atomic E-state index is 0.0599. The first-order valence-electron chi connectivity index (χ1n) is 7.99. The summed E-state index contributed by atoms with van der Waals surface area (Å²) in [5.74, 6) is -0.225. The molecule has 1 saturated heterocycles. The molecule has 3 N–H and O–H groups in total. The first kappa shape index (κ1) is 17.9. The number of carbonyl (C=O) groups excluding carboxylic acids is 1. The molecule has 0 aliphatic carbocycles. The van der Waals surface area contributed by atoms with Crippen molar-refractivity contribution in [2.75, 3.05) is 13.1 Å². The lowest BCUT2D eigenvalue weighted by Crippen LogP contribution is -2.52. The minimum Gasteiger partial charge on any atom is -0.348 e. The van der Waals surface area contributed by atoms with Crippen LogP contribution in [0.2, 0.25) is 0 Å². The number of rotatable bonds is 5. The highest BCUT2D eigenvalue weighted by Crippen LogP contribution is 2.17. The van der Waals surface area contributed by atoms with Crippen LogP contribution < -0.4 is 15.4 Å². The summed E-state index contributed by atoms with van der Waals surface area (Å²) >= 11 is 0. The Morgan fingerprint density at radius 3 is 2.78 bits per heavy atom. The molecule has 0 bridgehead atoms. The lowest BCUT2D eigenvalue weighted by Gasteiger charge is -2.30. The molecule has 0 saturated carbocycles. The Labute approximate surface area is 138 Å². The van der Waals surface area contributed by atoms with Gasteiger partial charge in [-0.3, -0.25) is 4.79 Å². The summed E-state index contributed by atoms with van der Waals surface area (Å²) in [6.45, 7) is 6.84. The van der Waals surface area contributed by atoms with Gasteiger partial charge in [0.15, 0.2) is 0 Å². The molecule has 0 spiro atoms. The number of sulfonamides is 1. The molecule has 2 rings (SSSR count). The topological polar surface area (TPSA) is 87.3 Å². The molecule has 1 aromatic rings. The van der Waals surface area contributed by atoms with Gasteiger partial charge >= 0.3 is 0 Å². The van der Waals surface area contributed by atoms with Crippen LogP contribution >= 0.6 is 0 Å². The summed E-state index contributed by atoms with van der Waals surface area (Å²) in [6.07, 6.45) is 1.94. The molecule has 2 unspecified atom stereocenters. The van der Waals surface area contributed by atoms with E-state index in [4.69, 9.17) is 0 Å². The van der Waals surface area contributed by atoms with Crippen molar-refractivity contribution < 1.29 is 13.2 Å². The molecule has 0 aromatic heterocycles. The maximum atomic E-state index is 12.6. The van der Waals surface area contributed by atoms with Gasteiger partial charge in [-0.1, -0.05) is 13.0 Å². The molecular formula is C16H25N3O3S. The second-order valence-corrected chi connectivity index (χ2v) is 7.71. The predicted molar refractivity (Wildman–Crippen MR) is 90.0 cm³/mol. The fourth-order valence-electron chi connectivity index (χ4n) is 2.77. The van der Waals surface area contributed by atoms with Crippen LogP contribution in [0.5, 0.6) is 0 Å². The van der Waals surface area contributed by atoms with E-state index in [1.807, 2.05) is 6.92 Å². The number of nitrogens with one attached hydrogen (secondary N) is 3. The Bertz CT molecular complexity index is 673. The van der Waals surface area contributed by atoms with E-state index in [2.05, 4.69) is 15.4 Å². The van der Waals surface area contributed by atoms with Gasteiger partial charge in [-0.05, 0) is 50.9 Å². The molecule has 1 fully saturated rings. The highest BCUT2D eigenvalue weighted by Gasteiger charge is 2.24. The Hall–Kier alpha value is -1.44. The van der Waals surface area contributed by atoms with Crippen molar-refractivity contribution in [2.45, 2.75) is 50.6 Å². The van der Waals surface area contributed by atoms with Gasteiger partial charge < -0.3 is 10.6 Å². The van der Waals surface area contributed by atoms with Gasteiger partial charge in [-0.15, -0.1) is 0 Å². The number of hydrogen-bond acceptors (Lipinski definition) is 4. The molecule has 0 radical (unpaired) electrons. The molecule has 1 aliphatic heterocycles. The Morgan fingerprint density at radius 1 is 1.39 bits per heavy atom. The van der Waals surface area contributed by atoms with Crippen LogP contribution in [0.15, 0.2) is 23.1 Å². The second-order valence-electron chi connectivity index (χ2n) is 5.94. The average molecular weight is 339 g/mol. The van der Waals surface area contributed by atoms with Gasteiger partial charge in [0.1, 0.15) is 0 Å². The highest BCUT2D eigenvalue weighted by atomic mass is 32.2. The molecule has 1 amide bonds. The SMILES string of the molecule is CCNS(=O)(=O)c1ccc(C)c(C(=O)NC2CCCNC2C)c1. The van der Waals surface area contributed by atoms with Crippen LogP contribution in [0.3, 0.4) is 0 Å². The molecule has 23 heavy (non-hydrogen) atoms. The number of amides is 1. The smallest absolute Gasteiger partial charge is 0.251 e. The van der Waals surface area contributed by atoms with E-state index >= 15 is 0 Å². The third-order valence-electron chi connectivity index (χ3n) is 4.18. The monoisotopic (exact) mass is 339 g/mol. The van der Waals surface area contributed by atoms with Crippen molar-refractivity contribution in [3.05, 3.63) is 29.3 Å². The molecular weight excluding hydrogens is 314 g/mol. The van der Waals surface area contributed by atoms with Gasteiger partial charge in [-0.2, -0.15) is 0 Å². The van der Waals surface area contributed by atoms with E-state index < -0.39 is 10.0 Å². The first-order valence-corrected chi connectivity index (χ1v) is 9.48. The van der Waals surface area contributed by atoms with Gasteiger partial charge in [0, 0.05) is 24.2 Å². The van der Waals surface area contributed by atoms with Gasteiger partial charge in [0.2, 0.25) is 10.0 Å². The number of carbonyl (C=O) groups is 1. The van der Waals surface area contributed by atoms with E-state index in [9.17, 15) is 13.2 Å². The number of hydrogen-bond donors (Lipinski definition) is 3. The van der Waals surface area contributed by atoms with Crippen molar-refractivity contribution in [1.82, 2.24) is 15.4 Å². The third-order valence-corrected chi connectivity index (χ3v) is 5.72. The van der Waals surface area contributed by atoms with Gasteiger partial charge in [-0.25, -0.2) is 13.1 Å². The molecule has 1 heterocycles. The van der Waals surface area contributed by atoms with Crippen molar-refractivity contribution in [2.24, 2.45) is 0 Å². The summed E-state index contributed by atoms with van der Waals surface area (Å²) in [5.41, 5.74) is 1.16. The molecule has 7 heteroatoms. The van der Waals surface area contributed by atoms with E-state index in [1.54, 1.807) is 19.9 Å². The zero-order valence-electron chi connectivity index (χ0n) is 13.8. The Morgan fingerprint density at radius 2 is 2.13 bits per heavy atom. The third kappa shape index (κ3) is 4.31. The Balaban J connectivity index is 2.22. The molecule has 1 aromatic carbocycles. The van der Waals surface area contributed by atoms with Crippen LogP contribution in [-0.2, 0) is 10.0 Å². The molecule has 128 valence electrons. The zero-order chi connectivity index (χ0) is 17.0. The maximum absolute atomic E-state index is 12.6. The van der Waals surface area contributed by atoms with Crippen molar-refractivity contribution in [3.63, 3.8) is 0 Å². The molecule has 6 nitrogen and oxygen atoms in total. The van der Waals surface area contributed by atoms with Gasteiger partial charge in [0.25, 0.3) is 5.91 Å². The van der Waals surface area contributed by atoms with Crippen LogP contribution in [0.4, 0.5) is 0 Å². The quantitative estimate of drug-likeness (QED) is 0.751. The fourth-order valence-corrected chi connectivity index (χ4v) is 3.84. The van der Waals surface area contributed by atoms with Crippen molar-refractivity contribution >= 4 is 15.9 Å². The highest BCUT2D eigenvalue weighted by molar-refractivity contribution is 7.89. The zero-order valence-corrected chi connectivity index (χ0v) is 14.7. The molecule has 1 aliphatic rings. The number of piperidine rings is 1. The van der Waals surface area contributed by atoms with Crippen molar-refractivity contribution in [1.29, 1.82) is 0 Å². The number of aryl methyl sites for hydroxylation is 1. The summed E-state index contributed by atoms with van der Waals surface area (Å²) < 4.78 is 26.7. The lowest BCUT2D eigenvalue weighted by molar-refractivity contribution is 0.0919. The van der Waals surface area contributed by atoms with E-state index in [1.165, 1.54) is 12.1 Å². The number of benzene rings is 1. The second kappa shape index (κ2) is 7.42. The van der Waals surface area contributed by atoms with Crippen LogP contribution in [0.25, 0.3) is 0 Å². The summed E-state index contributed by atoms with van der Waals surface area (Å²) in [7, 11) is -3.57. The summed E-state index contributed by atoms with van der Waals surface area (Å²) in [4.78, 5) is 12.7. The minimum atomic E-state index is -3.57. The van der Waals surface area contributed by atoms with E-state index in [0.29, 0.717) is 12.1 Å². The van der Waals surface area contributed by atoms with Crippen LogP contribution in [-0.4, -0.2) is 39.5 Å². The summed E-state index contributed by atoms with van der Waals surface area (Å²) in [6, 6.07) is 4.91. The maximum Gasteiger partial charge on any atom is 0.251 e. The van der Waals surface area contributed by atoms with Gasteiger partial charge in [0.05, 0.1) is 4.90 Å². The first-order chi connectivity index (χ1) is 10.8.